The molecule has 0 unspecified atom stereocenters. The second-order valence-corrected chi connectivity index (χ2v) is 5.98. The van der Waals surface area contributed by atoms with Crippen molar-refractivity contribution in [2.75, 3.05) is 6.61 Å². The average Bonchev–Trinajstić information content (AvgIpc) is 3.03. The number of thiophene rings is 1. The fourth-order valence-corrected chi connectivity index (χ4v) is 2.96. The van der Waals surface area contributed by atoms with E-state index in [4.69, 9.17) is 4.74 Å². The number of hydrogen-bond donors (Lipinski definition) is 2. The molecule has 0 saturated heterocycles. The maximum Gasteiger partial charge on any atom is 0.279 e. The van der Waals surface area contributed by atoms with E-state index in [-0.39, 0.29) is 12.4 Å². The van der Waals surface area contributed by atoms with Crippen molar-refractivity contribution in [3.63, 3.8) is 0 Å². The van der Waals surface area contributed by atoms with Crippen molar-refractivity contribution < 1.29 is 18.7 Å². The summed E-state index contributed by atoms with van der Waals surface area (Å²) in [5.74, 6) is -0.940. The van der Waals surface area contributed by atoms with Gasteiger partial charge >= 0.3 is 0 Å². The lowest BCUT2D eigenvalue weighted by molar-refractivity contribution is -0.123. The zero-order valence-electron chi connectivity index (χ0n) is 12.4. The second kappa shape index (κ2) is 7.10. The molecule has 0 aliphatic carbocycles. The van der Waals surface area contributed by atoms with Gasteiger partial charge in [-0.15, -0.1) is 11.3 Å². The smallest absolute Gasteiger partial charge is 0.279 e. The van der Waals surface area contributed by atoms with Crippen molar-refractivity contribution in [3.8, 4) is 5.75 Å². The minimum atomic E-state index is -0.520. The third kappa shape index (κ3) is 3.88. The van der Waals surface area contributed by atoms with Gasteiger partial charge in [0.05, 0.1) is 4.88 Å². The molecule has 0 aliphatic heterocycles. The van der Waals surface area contributed by atoms with Crippen molar-refractivity contribution >= 4 is 33.2 Å². The van der Waals surface area contributed by atoms with Gasteiger partial charge in [0.1, 0.15) is 11.6 Å². The Morgan fingerprint density at radius 3 is 2.54 bits per heavy atom. The third-order valence-corrected chi connectivity index (χ3v) is 4.26. The number of carbonyl (C=O) groups excluding carboxylic acids is 2. The molecule has 5 nitrogen and oxygen atoms in total. The van der Waals surface area contributed by atoms with E-state index in [1.165, 1.54) is 35.6 Å². The van der Waals surface area contributed by atoms with E-state index in [0.717, 1.165) is 10.1 Å². The van der Waals surface area contributed by atoms with Crippen molar-refractivity contribution in [1.29, 1.82) is 0 Å². The van der Waals surface area contributed by atoms with E-state index in [1.807, 2.05) is 24.3 Å². The molecule has 7 heteroatoms. The molecule has 0 bridgehead atoms. The molecule has 3 aromatic rings. The lowest BCUT2D eigenvalue weighted by Gasteiger charge is -2.08. The van der Waals surface area contributed by atoms with Crippen LogP contribution in [0.3, 0.4) is 0 Å². The Balaban J connectivity index is 1.50. The van der Waals surface area contributed by atoms with Gasteiger partial charge < -0.3 is 4.74 Å². The van der Waals surface area contributed by atoms with Gasteiger partial charge in [-0.1, -0.05) is 18.2 Å². The van der Waals surface area contributed by atoms with Crippen molar-refractivity contribution in [1.82, 2.24) is 10.9 Å². The monoisotopic (exact) mass is 344 g/mol. The summed E-state index contributed by atoms with van der Waals surface area (Å²) in [6, 6.07) is 14.7. The molecule has 0 fully saturated rings. The molecule has 1 heterocycles. The van der Waals surface area contributed by atoms with Gasteiger partial charge in [-0.05, 0) is 41.8 Å². The third-order valence-electron chi connectivity index (χ3n) is 3.15. The van der Waals surface area contributed by atoms with Gasteiger partial charge in [0.15, 0.2) is 6.61 Å². The zero-order valence-corrected chi connectivity index (χ0v) is 13.2. The van der Waals surface area contributed by atoms with Crippen molar-refractivity contribution in [3.05, 3.63) is 65.3 Å². The lowest BCUT2D eigenvalue weighted by atomic mass is 10.2. The molecule has 2 aromatic carbocycles. The topological polar surface area (TPSA) is 67.4 Å². The SMILES string of the molecule is O=C(COc1ccc(F)cc1)NNC(=O)c1cc2ccccc2s1. The molecule has 0 atom stereocenters. The highest BCUT2D eigenvalue weighted by Gasteiger charge is 2.11. The molecular formula is C17H13FN2O3S. The van der Waals surface area contributed by atoms with E-state index in [2.05, 4.69) is 10.9 Å². The summed E-state index contributed by atoms with van der Waals surface area (Å²) in [7, 11) is 0. The Morgan fingerprint density at radius 2 is 1.79 bits per heavy atom. The highest BCUT2D eigenvalue weighted by atomic mass is 32.1. The lowest BCUT2D eigenvalue weighted by Crippen LogP contribution is -2.43. The molecule has 0 aliphatic rings. The summed E-state index contributed by atoms with van der Waals surface area (Å²) in [6.45, 7) is -0.293. The van der Waals surface area contributed by atoms with Crippen LogP contribution in [0.5, 0.6) is 5.75 Å². The van der Waals surface area contributed by atoms with Crippen LogP contribution in [0.15, 0.2) is 54.6 Å². The van der Waals surface area contributed by atoms with Crippen LogP contribution in [0, 0.1) is 5.82 Å². The predicted molar refractivity (Wildman–Crippen MR) is 89.3 cm³/mol. The first-order valence-electron chi connectivity index (χ1n) is 7.08. The summed E-state index contributed by atoms with van der Waals surface area (Å²) in [6.07, 6.45) is 0. The Labute approximate surface area is 141 Å². The molecule has 3 rings (SSSR count). The Kier molecular flexibility index (Phi) is 4.72. The number of fused-ring (bicyclic) bond motifs is 1. The summed E-state index contributed by atoms with van der Waals surface area (Å²) in [5.41, 5.74) is 4.61. The number of hydrazine groups is 1. The number of carbonyl (C=O) groups is 2. The molecule has 0 spiro atoms. The Bertz CT molecular complexity index is 844. The second-order valence-electron chi connectivity index (χ2n) is 4.89. The van der Waals surface area contributed by atoms with E-state index in [1.54, 1.807) is 6.07 Å². The average molecular weight is 344 g/mol. The minimum Gasteiger partial charge on any atom is -0.484 e. The van der Waals surface area contributed by atoms with Crippen LogP contribution in [-0.4, -0.2) is 18.4 Å². The minimum absolute atomic E-state index is 0.293. The van der Waals surface area contributed by atoms with Crippen LogP contribution in [-0.2, 0) is 4.79 Å². The predicted octanol–water partition coefficient (Wildman–Crippen LogP) is 2.88. The van der Waals surface area contributed by atoms with Gasteiger partial charge in [-0.2, -0.15) is 0 Å². The highest BCUT2D eigenvalue weighted by molar-refractivity contribution is 7.20. The van der Waals surface area contributed by atoms with E-state index in [9.17, 15) is 14.0 Å². The van der Waals surface area contributed by atoms with Gasteiger partial charge in [0, 0.05) is 4.70 Å². The number of benzene rings is 2. The molecule has 0 radical (unpaired) electrons. The number of ether oxygens (including phenoxy) is 1. The van der Waals surface area contributed by atoms with Gasteiger partial charge in [-0.3, -0.25) is 20.4 Å². The maximum atomic E-state index is 12.8. The van der Waals surface area contributed by atoms with Crippen LogP contribution < -0.4 is 15.6 Å². The molecule has 122 valence electrons. The Hall–Kier alpha value is -2.93. The van der Waals surface area contributed by atoms with E-state index < -0.39 is 11.8 Å². The van der Waals surface area contributed by atoms with Crippen LogP contribution in [0.4, 0.5) is 4.39 Å². The van der Waals surface area contributed by atoms with Gasteiger partial charge in [-0.25, -0.2) is 4.39 Å². The number of nitrogens with one attached hydrogen (secondary N) is 2. The fraction of sp³-hybridized carbons (Fsp3) is 0.0588. The van der Waals surface area contributed by atoms with E-state index >= 15 is 0 Å². The van der Waals surface area contributed by atoms with Crippen LogP contribution in [0.25, 0.3) is 10.1 Å². The van der Waals surface area contributed by atoms with Crippen LogP contribution in [0.2, 0.25) is 0 Å². The largest absolute Gasteiger partial charge is 0.484 e. The fourth-order valence-electron chi connectivity index (χ4n) is 2.00. The van der Waals surface area contributed by atoms with Crippen LogP contribution >= 0.6 is 11.3 Å². The highest BCUT2D eigenvalue weighted by Crippen LogP contribution is 2.24. The number of halogens is 1. The van der Waals surface area contributed by atoms with Crippen LogP contribution in [0.1, 0.15) is 9.67 Å². The summed E-state index contributed by atoms with van der Waals surface area (Å²) < 4.78 is 18.9. The molecule has 2 N–H and O–H groups in total. The number of hydrogen-bond acceptors (Lipinski definition) is 4. The molecule has 0 saturated carbocycles. The quantitative estimate of drug-likeness (QED) is 0.715. The number of amides is 2. The molecular weight excluding hydrogens is 331 g/mol. The zero-order chi connectivity index (χ0) is 16.9. The maximum absolute atomic E-state index is 12.8. The molecule has 1 aromatic heterocycles. The van der Waals surface area contributed by atoms with Crippen molar-refractivity contribution in [2.24, 2.45) is 0 Å². The molecule has 2 amide bonds. The molecule has 24 heavy (non-hydrogen) atoms. The van der Waals surface area contributed by atoms with Gasteiger partial charge in [0.2, 0.25) is 0 Å². The first-order valence-corrected chi connectivity index (χ1v) is 7.89. The summed E-state index contributed by atoms with van der Waals surface area (Å²) in [5, 5.41) is 0.971. The standard InChI is InChI=1S/C17H13FN2O3S/c18-12-5-7-13(8-6-12)23-10-16(21)19-20-17(22)15-9-11-3-1-2-4-14(11)24-15/h1-9H,10H2,(H,19,21)(H,20,22). The first-order chi connectivity index (χ1) is 11.6. The first kappa shape index (κ1) is 15.9. The van der Waals surface area contributed by atoms with Crippen molar-refractivity contribution in [2.45, 2.75) is 0 Å². The normalized spacial score (nSPS) is 10.4. The van der Waals surface area contributed by atoms with E-state index in [0.29, 0.717) is 10.6 Å². The van der Waals surface area contributed by atoms with Gasteiger partial charge in [0.25, 0.3) is 11.8 Å². The summed E-state index contributed by atoms with van der Waals surface area (Å²) in [4.78, 5) is 24.2. The summed E-state index contributed by atoms with van der Waals surface area (Å²) >= 11 is 1.34. The Morgan fingerprint density at radius 1 is 1.04 bits per heavy atom. The number of rotatable bonds is 4.